The molecule has 0 fully saturated rings. The van der Waals surface area contributed by atoms with E-state index in [1.54, 1.807) is 20.1 Å². The summed E-state index contributed by atoms with van der Waals surface area (Å²) in [5.41, 5.74) is 1.64. The Labute approximate surface area is 128 Å². The van der Waals surface area contributed by atoms with Crippen molar-refractivity contribution in [1.82, 2.24) is 9.78 Å². The van der Waals surface area contributed by atoms with E-state index in [0.717, 1.165) is 10.2 Å². The number of hydrogen-bond donors (Lipinski definition) is 1. The van der Waals surface area contributed by atoms with E-state index in [1.165, 1.54) is 6.92 Å². The van der Waals surface area contributed by atoms with Crippen LogP contribution < -0.4 is 10.3 Å². The lowest BCUT2D eigenvalue weighted by atomic mass is 10.1. The fourth-order valence-electron chi connectivity index (χ4n) is 2.20. The van der Waals surface area contributed by atoms with E-state index in [-0.39, 0.29) is 5.56 Å². The standard InChI is InChI=1S/C16H18N2O4/c1-10-7-13(8-12-5-4-6-14(9-12)22-3)15(19)18(17-10)11(2)16(20)21/h4-7,9,11H,8H2,1-3H3,(H,20,21). The Morgan fingerprint density at radius 2 is 2.14 bits per heavy atom. The van der Waals surface area contributed by atoms with Crippen molar-refractivity contribution in [2.45, 2.75) is 26.3 Å². The first kappa shape index (κ1) is 15.8. The van der Waals surface area contributed by atoms with Gasteiger partial charge in [0.05, 0.1) is 12.8 Å². The zero-order valence-electron chi connectivity index (χ0n) is 12.7. The van der Waals surface area contributed by atoms with E-state index in [1.807, 2.05) is 24.3 Å². The van der Waals surface area contributed by atoms with Crippen molar-refractivity contribution in [3.63, 3.8) is 0 Å². The summed E-state index contributed by atoms with van der Waals surface area (Å²) in [6, 6.07) is 8.10. The van der Waals surface area contributed by atoms with Crippen LogP contribution in [0.25, 0.3) is 0 Å². The van der Waals surface area contributed by atoms with Crippen LogP contribution in [-0.2, 0) is 11.2 Å². The number of carboxylic acids is 1. The van der Waals surface area contributed by atoms with Crippen molar-refractivity contribution >= 4 is 5.97 Å². The van der Waals surface area contributed by atoms with E-state index in [2.05, 4.69) is 5.10 Å². The highest BCUT2D eigenvalue weighted by Crippen LogP contribution is 2.15. The molecule has 2 aromatic rings. The number of methoxy groups -OCH3 is 1. The maximum absolute atomic E-state index is 12.4. The Hall–Kier alpha value is -2.63. The van der Waals surface area contributed by atoms with Gasteiger partial charge in [-0.25, -0.2) is 9.48 Å². The number of aliphatic carboxylic acids is 1. The van der Waals surface area contributed by atoms with Crippen LogP contribution in [0.1, 0.15) is 29.8 Å². The molecule has 1 atom stereocenters. The molecule has 1 aromatic carbocycles. The SMILES string of the molecule is COc1cccc(Cc2cc(C)nn(C(C)C(=O)O)c2=O)c1. The summed E-state index contributed by atoms with van der Waals surface area (Å²) in [7, 11) is 1.58. The van der Waals surface area contributed by atoms with Gasteiger partial charge in [-0.05, 0) is 37.6 Å². The smallest absolute Gasteiger partial charge is 0.328 e. The molecule has 6 heteroatoms. The van der Waals surface area contributed by atoms with Gasteiger partial charge in [-0.1, -0.05) is 12.1 Å². The number of ether oxygens (including phenoxy) is 1. The maximum atomic E-state index is 12.4. The predicted molar refractivity (Wildman–Crippen MR) is 81.4 cm³/mol. The number of nitrogens with zero attached hydrogens (tertiary/aromatic N) is 2. The number of benzene rings is 1. The first-order valence-electron chi connectivity index (χ1n) is 6.87. The number of hydrogen-bond acceptors (Lipinski definition) is 4. The largest absolute Gasteiger partial charge is 0.497 e. The molecule has 1 unspecified atom stereocenters. The first-order valence-corrected chi connectivity index (χ1v) is 6.87. The molecule has 6 nitrogen and oxygen atoms in total. The maximum Gasteiger partial charge on any atom is 0.328 e. The highest BCUT2D eigenvalue weighted by molar-refractivity contribution is 5.71. The Bertz CT molecular complexity index is 752. The van der Waals surface area contributed by atoms with E-state index in [4.69, 9.17) is 9.84 Å². The summed E-state index contributed by atoms with van der Waals surface area (Å²) in [6.45, 7) is 3.17. The average Bonchev–Trinajstić information content (AvgIpc) is 2.50. The molecule has 0 aliphatic heterocycles. The van der Waals surface area contributed by atoms with Crippen LogP contribution >= 0.6 is 0 Å². The van der Waals surface area contributed by atoms with Crippen molar-refractivity contribution in [2.75, 3.05) is 7.11 Å². The summed E-state index contributed by atoms with van der Waals surface area (Å²) < 4.78 is 6.19. The minimum Gasteiger partial charge on any atom is -0.497 e. The second-order valence-electron chi connectivity index (χ2n) is 5.10. The first-order chi connectivity index (χ1) is 10.4. The number of carbonyl (C=O) groups is 1. The molecule has 0 spiro atoms. The van der Waals surface area contributed by atoms with Crippen LogP contribution in [0, 0.1) is 6.92 Å². The van der Waals surface area contributed by atoms with Gasteiger partial charge in [0.2, 0.25) is 0 Å². The molecule has 0 amide bonds. The van der Waals surface area contributed by atoms with Gasteiger partial charge in [-0.15, -0.1) is 0 Å². The summed E-state index contributed by atoms with van der Waals surface area (Å²) in [5.74, 6) is -0.380. The van der Waals surface area contributed by atoms with Crippen molar-refractivity contribution in [3.8, 4) is 5.75 Å². The third kappa shape index (κ3) is 3.33. The Balaban J connectivity index is 2.43. The lowest BCUT2D eigenvalue weighted by Gasteiger charge is -2.12. The van der Waals surface area contributed by atoms with Gasteiger partial charge in [0, 0.05) is 12.0 Å². The molecule has 0 radical (unpaired) electrons. The molecule has 2 rings (SSSR count). The number of aromatic nitrogens is 2. The summed E-state index contributed by atoms with van der Waals surface area (Å²) in [6.07, 6.45) is 0.395. The van der Waals surface area contributed by atoms with Gasteiger partial charge in [0.25, 0.3) is 5.56 Å². The Kier molecular flexibility index (Phi) is 4.60. The van der Waals surface area contributed by atoms with Gasteiger partial charge in [-0.3, -0.25) is 4.79 Å². The molecule has 0 saturated carbocycles. The lowest BCUT2D eigenvalue weighted by Crippen LogP contribution is -2.33. The van der Waals surface area contributed by atoms with Crippen LogP contribution in [0.3, 0.4) is 0 Å². The molecular weight excluding hydrogens is 284 g/mol. The van der Waals surface area contributed by atoms with Crippen LogP contribution in [0.4, 0.5) is 0 Å². The van der Waals surface area contributed by atoms with Crippen molar-refractivity contribution in [3.05, 3.63) is 57.5 Å². The number of aryl methyl sites for hydroxylation is 1. The van der Waals surface area contributed by atoms with Crippen molar-refractivity contribution in [2.24, 2.45) is 0 Å². The predicted octanol–water partition coefficient (Wildman–Crippen LogP) is 1.80. The molecule has 0 bridgehead atoms. The van der Waals surface area contributed by atoms with E-state index >= 15 is 0 Å². The average molecular weight is 302 g/mol. The van der Waals surface area contributed by atoms with Gasteiger partial charge in [-0.2, -0.15) is 5.10 Å². The zero-order valence-corrected chi connectivity index (χ0v) is 12.7. The minimum absolute atomic E-state index is 0.386. The van der Waals surface area contributed by atoms with E-state index in [0.29, 0.717) is 23.4 Å². The van der Waals surface area contributed by atoms with Gasteiger partial charge in [0.15, 0.2) is 6.04 Å². The fraction of sp³-hybridized carbons (Fsp3) is 0.312. The third-order valence-electron chi connectivity index (χ3n) is 3.38. The van der Waals surface area contributed by atoms with E-state index < -0.39 is 12.0 Å². The minimum atomic E-state index is -1.09. The van der Waals surface area contributed by atoms with Crippen LogP contribution in [-0.4, -0.2) is 28.0 Å². The topological polar surface area (TPSA) is 81.4 Å². The Morgan fingerprint density at radius 3 is 2.77 bits per heavy atom. The van der Waals surface area contributed by atoms with Crippen molar-refractivity contribution < 1.29 is 14.6 Å². The lowest BCUT2D eigenvalue weighted by molar-refractivity contribution is -0.140. The number of rotatable bonds is 5. The number of carboxylic acid groups (broad SMARTS) is 1. The summed E-state index contributed by atoms with van der Waals surface area (Å²) in [5, 5.41) is 13.1. The fourth-order valence-corrected chi connectivity index (χ4v) is 2.20. The molecule has 0 saturated heterocycles. The highest BCUT2D eigenvalue weighted by Gasteiger charge is 2.18. The van der Waals surface area contributed by atoms with Gasteiger partial charge in [0.1, 0.15) is 5.75 Å². The quantitative estimate of drug-likeness (QED) is 0.910. The summed E-state index contributed by atoms with van der Waals surface area (Å²) in [4.78, 5) is 23.5. The van der Waals surface area contributed by atoms with Crippen LogP contribution in [0.5, 0.6) is 5.75 Å². The highest BCUT2D eigenvalue weighted by atomic mass is 16.5. The normalized spacial score (nSPS) is 12.0. The molecule has 1 heterocycles. The van der Waals surface area contributed by atoms with E-state index in [9.17, 15) is 9.59 Å². The second-order valence-corrected chi connectivity index (χ2v) is 5.10. The monoisotopic (exact) mass is 302 g/mol. The molecule has 116 valence electrons. The van der Waals surface area contributed by atoms with Gasteiger partial charge >= 0.3 is 5.97 Å². The third-order valence-corrected chi connectivity index (χ3v) is 3.38. The molecular formula is C16H18N2O4. The summed E-state index contributed by atoms with van der Waals surface area (Å²) >= 11 is 0. The Morgan fingerprint density at radius 1 is 1.41 bits per heavy atom. The zero-order chi connectivity index (χ0) is 16.3. The molecule has 0 aliphatic carbocycles. The van der Waals surface area contributed by atoms with Gasteiger partial charge < -0.3 is 9.84 Å². The second kappa shape index (κ2) is 6.43. The molecule has 0 aliphatic rings. The van der Waals surface area contributed by atoms with Crippen LogP contribution in [0.2, 0.25) is 0 Å². The van der Waals surface area contributed by atoms with Crippen molar-refractivity contribution in [1.29, 1.82) is 0 Å². The molecule has 1 N–H and O–H groups in total. The van der Waals surface area contributed by atoms with Crippen LogP contribution in [0.15, 0.2) is 35.1 Å². The molecule has 22 heavy (non-hydrogen) atoms. The molecule has 1 aromatic heterocycles.